The van der Waals surface area contributed by atoms with Crippen LogP contribution in [0.2, 0.25) is 0 Å². The van der Waals surface area contributed by atoms with E-state index in [1.54, 1.807) is 0 Å². The van der Waals surface area contributed by atoms with Crippen molar-refractivity contribution in [1.82, 2.24) is 5.32 Å². The minimum atomic E-state index is 0.322. The van der Waals surface area contributed by atoms with Crippen LogP contribution >= 0.6 is 0 Å². The predicted molar refractivity (Wildman–Crippen MR) is 64.1 cm³/mol. The highest BCUT2D eigenvalue weighted by molar-refractivity contribution is 5.31. The third-order valence-corrected chi connectivity index (χ3v) is 2.61. The first-order valence-corrected chi connectivity index (χ1v) is 5.98. The summed E-state index contributed by atoms with van der Waals surface area (Å²) < 4.78 is 11.3. The second-order valence-electron chi connectivity index (χ2n) is 4.05. The van der Waals surface area contributed by atoms with Crippen molar-refractivity contribution in [1.29, 1.82) is 0 Å². The van der Waals surface area contributed by atoms with Crippen molar-refractivity contribution in [3.05, 3.63) is 24.3 Å². The van der Waals surface area contributed by atoms with Crippen LogP contribution in [0.15, 0.2) is 24.3 Å². The molecule has 0 bridgehead atoms. The summed E-state index contributed by atoms with van der Waals surface area (Å²) >= 11 is 0. The largest absolute Gasteiger partial charge is 0.494 e. The van der Waals surface area contributed by atoms with Crippen LogP contribution in [0.25, 0.3) is 0 Å². The van der Waals surface area contributed by atoms with E-state index >= 15 is 0 Å². The third kappa shape index (κ3) is 3.14. The van der Waals surface area contributed by atoms with Gasteiger partial charge in [-0.25, -0.2) is 0 Å². The molecular weight excluding hydrogens is 202 g/mol. The number of hydrogen-bond donors (Lipinski definition) is 1. The Morgan fingerprint density at radius 1 is 1.25 bits per heavy atom. The van der Waals surface area contributed by atoms with Gasteiger partial charge in [-0.2, -0.15) is 0 Å². The molecule has 1 aliphatic rings. The van der Waals surface area contributed by atoms with E-state index in [1.807, 2.05) is 24.3 Å². The molecule has 1 heterocycles. The van der Waals surface area contributed by atoms with Crippen LogP contribution in [0.1, 0.15) is 19.8 Å². The monoisotopic (exact) mass is 221 g/mol. The summed E-state index contributed by atoms with van der Waals surface area (Å²) in [4.78, 5) is 0. The van der Waals surface area contributed by atoms with Gasteiger partial charge in [0.2, 0.25) is 0 Å². The van der Waals surface area contributed by atoms with Crippen molar-refractivity contribution in [2.75, 3.05) is 19.7 Å². The molecule has 1 saturated heterocycles. The van der Waals surface area contributed by atoms with Crippen molar-refractivity contribution in [2.45, 2.75) is 25.9 Å². The summed E-state index contributed by atoms with van der Waals surface area (Å²) in [5.74, 6) is 1.84. The van der Waals surface area contributed by atoms with Crippen molar-refractivity contribution < 1.29 is 9.47 Å². The molecule has 1 aliphatic heterocycles. The first kappa shape index (κ1) is 11.3. The predicted octanol–water partition coefficient (Wildman–Crippen LogP) is 2.22. The maximum absolute atomic E-state index is 5.82. The first-order chi connectivity index (χ1) is 7.88. The lowest BCUT2D eigenvalue weighted by Gasteiger charge is -2.12. The van der Waals surface area contributed by atoms with Crippen LogP contribution in [-0.2, 0) is 0 Å². The molecule has 2 rings (SSSR count). The van der Waals surface area contributed by atoms with E-state index in [9.17, 15) is 0 Å². The van der Waals surface area contributed by atoms with Crippen molar-refractivity contribution in [3.63, 3.8) is 0 Å². The molecule has 0 spiro atoms. The molecule has 0 saturated carbocycles. The van der Waals surface area contributed by atoms with E-state index in [0.29, 0.717) is 6.10 Å². The van der Waals surface area contributed by atoms with Crippen LogP contribution in [0, 0.1) is 0 Å². The summed E-state index contributed by atoms with van der Waals surface area (Å²) in [5, 5.41) is 3.28. The Balaban J connectivity index is 1.86. The van der Waals surface area contributed by atoms with E-state index in [2.05, 4.69) is 12.2 Å². The second-order valence-corrected chi connectivity index (χ2v) is 4.05. The Bertz CT molecular complexity index is 304. The molecule has 1 atom stereocenters. The Hall–Kier alpha value is -1.22. The van der Waals surface area contributed by atoms with E-state index in [1.165, 1.54) is 0 Å². The van der Waals surface area contributed by atoms with Crippen LogP contribution in [0.3, 0.4) is 0 Å². The molecule has 0 aromatic heterocycles. The molecule has 1 aromatic rings. The van der Waals surface area contributed by atoms with E-state index < -0.39 is 0 Å². The zero-order chi connectivity index (χ0) is 11.2. The highest BCUT2D eigenvalue weighted by Gasteiger charge is 2.15. The number of benzene rings is 1. The molecule has 0 amide bonds. The van der Waals surface area contributed by atoms with Gasteiger partial charge in [0, 0.05) is 6.54 Å². The van der Waals surface area contributed by atoms with Gasteiger partial charge < -0.3 is 14.8 Å². The third-order valence-electron chi connectivity index (χ3n) is 2.61. The van der Waals surface area contributed by atoms with Crippen LogP contribution < -0.4 is 14.8 Å². The Morgan fingerprint density at radius 2 is 2.00 bits per heavy atom. The maximum Gasteiger partial charge on any atom is 0.120 e. The van der Waals surface area contributed by atoms with Gasteiger partial charge in [0.1, 0.15) is 17.6 Å². The number of ether oxygens (including phenoxy) is 2. The molecule has 1 N–H and O–H groups in total. The molecule has 1 aromatic carbocycles. The quantitative estimate of drug-likeness (QED) is 0.827. The fourth-order valence-electron chi connectivity index (χ4n) is 1.76. The highest BCUT2D eigenvalue weighted by Crippen LogP contribution is 2.19. The number of rotatable bonds is 5. The van der Waals surface area contributed by atoms with Gasteiger partial charge in [0.05, 0.1) is 6.61 Å². The molecule has 0 aliphatic carbocycles. The topological polar surface area (TPSA) is 30.5 Å². The van der Waals surface area contributed by atoms with Gasteiger partial charge in [-0.05, 0) is 43.7 Å². The Morgan fingerprint density at radius 3 is 2.62 bits per heavy atom. The van der Waals surface area contributed by atoms with Crippen LogP contribution in [-0.4, -0.2) is 25.8 Å². The number of nitrogens with one attached hydrogen (secondary N) is 1. The molecule has 0 radical (unpaired) electrons. The van der Waals surface area contributed by atoms with E-state index in [0.717, 1.165) is 44.0 Å². The van der Waals surface area contributed by atoms with Gasteiger partial charge in [0.15, 0.2) is 0 Å². The van der Waals surface area contributed by atoms with Crippen LogP contribution in [0.5, 0.6) is 11.5 Å². The normalized spacial score (nSPS) is 19.7. The summed E-state index contributed by atoms with van der Waals surface area (Å²) in [6.45, 7) is 4.88. The fourth-order valence-corrected chi connectivity index (χ4v) is 1.76. The van der Waals surface area contributed by atoms with E-state index in [4.69, 9.17) is 9.47 Å². The Kier molecular flexibility index (Phi) is 4.05. The lowest BCUT2D eigenvalue weighted by atomic mass is 10.3. The summed E-state index contributed by atoms with van der Waals surface area (Å²) in [6, 6.07) is 7.88. The molecule has 3 nitrogen and oxygen atoms in total. The van der Waals surface area contributed by atoms with Crippen molar-refractivity contribution in [2.24, 2.45) is 0 Å². The first-order valence-electron chi connectivity index (χ1n) is 5.98. The molecule has 88 valence electrons. The minimum absolute atomic E-state index is 0.322. The lowest BCUT2D eigenvalue weighted by molar-refractivity contribution is 0.222. The summed E-state index contributed by atoms with van der Waals surface area (Å²) in [6.07, 6.45) is 2.45. The molecule has 3 heteroatoms. The van der Waals surface area contributed by atoms with Crippen molar-refractivity contribution in [3.8, 4) is 11.5 Å². The molecule has 16 heavy (non-hydrogen) atoms. The standard InChI is InChI=1S/C13H19NO2/c1-2-9-15-11-3-5-12(6-4-11)16-13-7-8-14-10-13/h3-6,13-14H,2,7-10H2,1H3. The van der Waals surface area contributed by atoms with E-state index in [-0.39, 0.29) is 0 Å². The zero-order valence-electron chi connectivity index (χ0n) is 9.74. The SMILES string of the molecule is CCCOc1ccc(OC2CCNC2)cc1. The number of hydrogen-bond acceptors (Lipinski definition) is 3. The van der Waals surface area contributed by atoms with Gasteiger partial charge in [-0.15, -0.1) is 0 Å². The Labute approximate surface area is 96.8 Å². The van der Waals surface area contributed by atoms with Gasteiger partial charge in [-0.3, -0.25) is 0 Å². The highest BCUT2D eigenvalue weighted by atomic mass is 16.5. The van der Waals surface area contributed by atoms with Crippen molar-refractivity contribution >= 4 is 0 Å². The second kappa shape index (κ2) is 5.75. The molecule has 1 fully saturated rings. The van der Waals surface area contributed by atoms with Gasteiger partial charge in [0.25, 0.3) is 0 Å². The molecular formula is C13H19NO2. The zero-order valence-corrected chi connectivity index (χ0v) is 9.74. The summed E-state index contributed by atoms with van der Waals surface area (Å²) in [5.41, 5.74) is 0. The average Bonchev–Trinajstić information content (AvgIpc) is 2.81. The fraction of sp³-hybridized carbons (Fsp3) is 0.538. The van der Waals surface area contributed by atoms with Gasteiger partial charge >= 0.3 is 0 Å². The maximum atomic E-state index is 5.82. The lowest BCUT2D eigenvalue weighted by Crippen LogP contribution is -2.19. The van der Waals surface area contributed by atoms with Crippen LogP contribution in [0.4, 0.5) is 0 Å². The molecule has 1 unspecified atom stereocenters. The minimum Gasteiger partial charge on any atom is -0.494 e. The smallest absolute Gasteiger partial charge is 0.120 e. The van der Waals surface area contributed by atoms with Gasteiger partial charge in [-0.1, -0.05) is 6.92 Å². The summed E-state index contributed by atoms with van der Waals surface area (Å²) in [7, 11) is 0. The average molecular weight is 221 g/mol.